The second kappa shape index (κ2) is 9.10. The maximum Gasteiger partial charge on any atom is 0.313 e. The van der Waals surface area contributed by atoms with Gasteiger partial charge in [0.25, 0.3) is 0 Å². The molecule has 6 heteroatoms. The highest BCUT2D eigenvalue weighted by molar-refractivity contribution is 6.39. The van der Waals surface area contributed by atoms with Gasteiger partial charge in [-0.15, -0.1) is 0 Å². The van der Waals surface area contributed by atoms with Crippen molar-refractivity contribution in [1.82, 2.24) is 5.32 Å². The van der Waals surface area contributed by atoms with Crippen molar-refractivity contribution in [3.8, 4) is 0 Å². The van der Waals surface area contributed by atoms with Gasteiger partial charge in [-0.25, -0.2) is 0 Å². The van der Waals surface area contributed by atoms with E-state index in [2.05, 4.69) is 10.6 Å². The molecule has 0 spiro atoms. The Labute approximate surface area is 124 Å². The fourth-order valence-corrected chi connectivity index (χ4v) is 1.69. The van der Waals surface area contributed by atoms with Crippen LogP contribution in [0.25, 0.3) is 0 Å². The van der Waals surface area contributed by atoms with Crippen molar-refractivity contribution in [1.29, 1.82) is 0 Å². The number of carbonyl (C=O) groups excluding carboxylic acids is 2. The van der Waals surface area contributed by atoms with Crippen molar-refractivity contribution in [3.05, 3.63) is 29.8 Å². The fourth-order valence-electron chi connectivity index (χ4n) is 1.69. The molecule has 2 amide bonds. The van der Waals surface area contributed by atoms with Crippen LogP contribution in [0.2, 0.25) is 0 Å². The van der Waals surface area contributed by atoms with Gasteiger partial charge in [-0.05, 0) is 32.4 Å². The van der Waals surface area contributed by atoms with Crippen LogP contribution in [0.3, 0.4) is 0 Å². The molecule has 2 N–H and O–H groups in total. The van der Waals surface area contributed by atoms with Crippen LogP contribution in [0.15, 0.2) is 24.3 Å². The number of amides is 2. The van der Waals surface area contributed by atoms with E-state index in [4.69, 9.17) is 9.47 Å². The molecule has 1 aromatic carbocycles. The average Bonchev–Trinajstić information content (AvgIpc) is 2.47. The number of rotatable bonds is 7. The maximum absolute atomic E-state index is 11.8. The molecule has 0 aliphatic rings. The summed E-state index contributed by atoms with van der Waals surface area (Å²) in [7, 11) is 0. The highest BCUT2D eigenvalue weighted by Crippen LogP contribution is 2.12. The zero-order valence-corrected chi connectivity index (χ0v) is 12.6. The van der Waals surface area contributed by atoms with Crippen molar-refractivity contribution in [3.63, 3.8) is 0 Å². The Morgan fingerprint density at radius 3 is 2.29 bits per heavy atom. The van der Waals surface area contributed by atoms with Crippen LogP contribution in [0.5, 0.6) is 0 Å². The SMILES string of the molecule is CCOC(CNC(=O)C(=O)Nc1ccccc1C)OCC. The number of benzene rings is 1. The molecule has 21 heavy (non-hydrogen) atoms. The number of aryl methyl sites for hydroxylation is 1. The molecule has 0 aliphatic carbocycles. The maximum atomic E-state index is 11.8. The highest BCUT2D eigenvalue weighted by atomic mass is 16.7. The summed E-state index contributed by atoms with van der Waals surface area (Å²) in [5.41, 5.74) is 1.50. The molecule has 0 bridgehead atoms. The lowest BCUT2D eigenvalue weighted by Crippen LogP contribution is -2.41. The van der Waals surface area contributed by atoms with Gasteiger partial charge in [-0.1, -0.05) is 18.2 Å². The normalized spacial score (nSPS) is 10.5. The summed E-state index contributed by atoms with van der Waals surface area (Å²) in [6, 6.07) is 7.25. The zero-order chi connectivity index (χ0) is 15.7. The first-order chi connectivity index (χ1) is 10.1. The summed E-state index contributed by atoms with van der Waals surface area (Å²) in [6.45, 7) is 6.58. The van der Waals surface area contributed by atoms with Crippen LogP contribution in [0.4, 0.5) is 5.69 Å². The molecule has 0 aliphatic heterocycles. The Morgan fingerprint density at radius 1 is 1.10 bits per heavy atom. The van der Waals surface area contributed by atoms with Crippen LogP contribution in [0, 0.1) is 6.92 Å². The molecule has 0 fully saturated rings. The van der Waals surface area contributed by atoms with E-state index in [0.29, 0.717) is 18.9 Å². The van der Waals surface area contributed by atoms with Gasteiger partial charge in [0.15, 0.2) is 6.29 Å². The van der Waals surface area contributed by atoms with Crippen molar-refractivity contribution < 1.29 is 19.1 Å². The largest absolute Gasteiger partial charge is 0.351 e. The lowest BCUT2D eigenvalue weighted by molar-refractivity contribution is -0.145. The lowest BCUT2D eigenvalue weighted by Gasteiger charge is -2.17. The third-order valence-corrected chi connectivity index (χ3v) is 2.73. The monoisotopic (exact) mass is 294 g/mol. The van der Waals surface area contributed by atoms with Crippen LogP contribution in [-0.4, -0.2) is 37.9 Å². The van der Waals surface area contributed by atoms with Gasteiger partial charge in [0.1, 0.15) is 0 Å². The molecule has 0 radical (unpaired) electrons. The topological polar surface area (TPSA) is 76.7 Å². The van der Waals surface area contributed by atoms with Gasteiger partial charge in [0.05, 0.1) is 6.54 Å². The summed E-state index contributed by atoms with van der Waals surface area (Å²) in [4.78, 5) is 23.5. The van der Waals surface area contributed by atoms with Crippen molar-refractivity contribution in [2.75, 3.05) is 25.1 Å². The molecule has 6 nitrogen and oxygen atoms in total. The molecule has 0 saturated carbocycles. The van der Waals surface area contributed by atoms with E-state index in [9.17, 15) is 9.59 Å². The number of carbonyl (C=O) groups is 2. The quantitative estimate of drug-likeness (QED) is 0.589. The highest BCUT2D eigenvalue weighted by Gasteiger charge is 2.16. The second-order valence-corrected chi connectivity index (χ2v) is 4.32. The molecule has 116 valence electrons. The smallest absolute Gasteiger partial charge is 0.313 e. The predicted octanol–water partition coefficient (Wildman–Crippen LogP) is 1.45. The second-order valence-electron chi connectivity index (χ2n) is 4.32. The molecule has 0 atom stereocenters. The fraction of sp³-hybridized carbons (Fsp3) is 0.467. The number of hydrogen-bond acceptors (Lipinski definition) is 4. The Balaban J connectivity index is 2.47. The molecule has 1 rings (SSSR count). The molecule has 0 aromatic heterocycles. The molecular formula is C15H22N2O4. The Bertz CT molecular complexity index is 470. The first kappa shape index (κ1) is 17.1. The van der Waals surface area contributed by atoms with Crippen molar-refractivity contribution in [2.45, 2.75) is 27.1 Å². The minimum Gasteiger partial charge on any atom is -0.351 e. The lowest BCUT2D eigenvalue weighted by atomic mass is 10.2. The van der Waals surface area contributed by atoms with Gasteiger partial charge in [-0.3, -0.25) is 9.59 Å². The van der Waals surface area contributed by atoms with Crippen molar-refractivity contribution >= 4 is 17.5 Å². The molecular weight excluding hydrogens is 272 g/mol. The number of hydrogen-bond donors (Lipinski definition) is 2. The molecule has 0 heterocycles. The molecule has 0 saturated heterocycles. The molecule has 0 unspecified atom stereocenters. The van der Waals surface area contributed by atoms with Crippen molar-refractivity contribution in [2.24, 2.45) is 0 Å². The van der Waals surface area contributed by atoms with Gasteiger partial charge in [0, 0.05) is 18.9 Å². The number of ether oxygens (including phenoxy) is 2. The van der Waals surface area contributed by atoms with E-state index in [-0.39, 0.29) is 6.54 Å². The summed E-state index contributed by atoms with van der Waals surface area (Å²) >= 11 is 0. The number of para-hydroxylation sites is 1. The van der Waals surface area contributed by atoms with E-state index < -0.39 is 18.1 Å². The summed E-state index contributed by atoms with van der Waals surface area (Å²) in [5.74, 6) is -1.43. The first-order valence-electron chi connectivity index (χ1n) is 6.96. The molecule has 1 aromatic rings. The summed E-state index contributed by atoms with van der Waals surface area (Å²) in [6.07, 6.45) is -0.546. The Hall–Kier alpha value is -1.92. The Kier molecular flexibility index (Phi) is 7.42. The standard InChI is InChI=1S/C15H22N2O4/c1-4-20-13(21-5-2)10-16-14(18)15(19)17-12-9-7-6-8-11(12)3/h6-9,13H,4-5,10H2,1-3H3,(H,16,18)(H,17,19). The zero-order valence-electron chi connectivity index (χ0n) is 12.6. The summed E-state index contributed by atoms with van der Waals surface area (Å²) < 4.78 is 10.6. The number of nitrogens with one attached hydrogen (secondary N) is 2. The van der Waals surface area contributed by atoms with E-state index in [1.807, 2.05) is 32.9 Å². The minimum atomic E-state index is -0.720. The van der Waals surface area contributed by atoms with Gasteiger partial charge in [-0.2, -0.15) is 0 Å². The van der Waals surface area contributed by atoms with Crippen LogP contribution in [-0.2, 0) is 19.1 Å². The third kappa shape index (κ3) is 5.93. The third-order valence-electron chi connectivity index (χ3n) is 2.73. The van der Waals surface area contributed by atoms with Gasteiger partial charge in [0.2, 0.25) is 0 Å². The predicted molar refractivity (Wildman–Crippen MR) is 79.9 cm³/mol. The number of anilines is 1. The van der Waals surface area contributed by atoms with E-state index in [1.54, 1.807) is 12.1 Å². The van der Waals surface area contributed by atoms with Gasteiger partial charge < -0.3 is 20.1 Å². The first-order valence-corrected chi connectivity index (χ1v) is 6.96. The van der Waals surface area contributed by atoms with Crippen LogP contribution >= 0.6 is 0 Å². The van der Waals surface area contributed by atoms with E-state index in [1.165, 1.54) is 0 Å². The van der Waals surface area contributed by atoms with E-state index >= 15 is 0 Å². The van der Waals surface area contributed by atoms with Crippen LogP contribution < -0.4 is 10.6 Å². The van der Waals surface area contributed by atoms with E-state index in [0.717, 1.165) is 5.56 Å². The summed E-state index contributed by atoms with van der Waals surface area (Å²) in [5, 5.41) is 5.06. The van der Waals surface area contributed by atoms with Crippen LogP contribution in [0.1, 0.15) is 19.4 Å². The Morgan fingerprint density at radius 2 is 1.71 bits per heavy atom. The van der Waals surface area contributed by atoms with Gasteiger partial charge >= 0.3 is 11.8 Å². The average molecular weight is 294 g/mol. The minimum absolute atomic E-state index is 0.127.